The normalized spacial score (nSPS) is 15.9. The summed E-state index contributed by atoms with van der Waals surface area (Å²) in [6.07, 6.45) is 0.126. The summed E-state index contributed by atoms with van der Waals surface area (Å²) in [5.41, 5.74) is 5.25. The molecule has 1 amide bonds. The molecule has 1 N–H and O–H groups in total. The number of carbonyl (C=O) groups excluding carboxylic acids is 2. The van der Waals surface area contributed by atoms with Crippen molar-refractivity contribution in [1.29, 1.82) is 0 Å². The maximum absolute atomic E-state index is 13.2. The van der Waals surface area contributed by atoms with Gasteiger partial charge >= 0.3 is 0 Å². The molecule has 1 atom stereocenters. The summed E-state index contributed by atoms with van der Waals surface area (Å²) in [4.78, 5) is 25.6. The van der Waals surface area contributed by atoms with E-state index in [1.165, 1.54) is 0 Å². The lowest BCUT2D eigenvalue weighted by molar-refractivity contribution is -0.116. The van der Waals surface area contributed by atoms with E-state index in [0.717, 1.165) is 32.5 Å². The topological polar surface area (TPSA) is 64.0 Å². The highest BCUT2D eigenvalue weighted by Gasteiger charge is 2.36. The van der Waals surface area contributed by atoms with Crippen molar-refractivity contribution in [2.24, 2.45) is 0 Å². The smallest absolute Gasteiger partial charge is 0.226 e. The van der Waals surface area contributed by atoms with Crippen LogP contribution < -0.4 is 5.32 Å². The molecule has 1 aliphatic rings. The summed E-state index contributed by atoms with van der Waals surface area (Å²) in [5.74, 6) is -0.179. The number of nitrogens with zero attached hydrogens (tertiary/aromatic N) is 2. The minimum Gasteiger partial charge on any atom is -0.310 e. The van der Waals surface area contributed by atoms with Crippen LogP contribution in [0.15, 0.2) is 46.9 Å². The number of nitrogens with one attached hydrogen (secondary N) is 1. The lowest BCUT2D eigenvalue weighted by atomic mass is 9.85. The molecular weight excluding hydrogens is 418 g/mol. The van der Waals surface area contributed by atoms with Crippen molar-refractivity contribution in [2.75, 3.05) is 5.32 Å². The van der Waals surface area contributed by atoms with Gasteiger partial charge in [0.25, 0.3) is 0 Å². The number of carbonyl (C=O) groups is 2. The number of amides is 1. The lowest BCUT2D eigenvalue weighted by Gasteiger charge is -2.23. The Labute approximate surface area is 171 Å². The van der Waals surface area contributed by atoms with Gasteiger partial charge in [-0.1, -0.05) is 45.8 Å². The van der Waals surface area contributed by atoms with E-state index in [0.29, 0.717) is 11.4 Å². The monoisotopic (exact) mass is 437 g/mol. The Morgan fingerprint density at radius 2 is 1.86 bits per heavy atom. The zero-order valence-corrected chi connectivity index (χ0v) is 17.5. The number of anilines is 1. The first-order valence-corrected chi connectivity index (χ1v) is 9.91. The molecule has 6 heteroatoms. The van der Waals surface area contributed by atoms with Crippen molar-refractivity contribution in [3.63, 3.8) is 0 Å². The van der Waals surface area contributed by atoms with E-state index in [9.17, 15) is 9.59 Å². The Balaban J connectivity index is 1.83. The maximum atomic E-state index is 13.2. The van der Waals surface area contributed by atoms with Crippen LogP contribution in [0.3, 0.4) is 0 Å². The first-order valence-electron chi connectivity index (χ1n) is 9.12. The molecule has 1 unspecified atom stereocenters. The number of benzene rings is 2. The highest BCUT2D eigenvalue weighted by atomic mass is 79.9. The molecule has 1 aromatic heterocycles. The maximum Gasteiger partial charge on any atom is 0.226 e. The van der Waals surface area contributed by atoms with Gasteiger partial charge in [0.15, 0.2) is 5.78 Å². The highest BCUT2D eigenvalue weighted by molar-refractivity contribution is 9.10. The number of hydrogen-bond donors (Lipinski definition) is 1. The van der Waals surface area contributed by atoms with Crippen molar-refractivity contribution in [3.8, 4) is 5.69 Å². The second-order valence-corrected chi connectivity index (χ2v) is 8.14. The quantitative estimate of drug-likeness (QED) is 0.594. The summed E-state index contributed by atoms with van der Waals surface area (Å²) >= 11 is 3.39. The van der Waals surface area contributed by atoms with Crippen LogP contribution in [0.1, 0.15) is 45.1 Å². The van der Waals surface area contributed by atoms with E-state index in [4.69, 9.17) is 0 Å². The average Bonchev–Trinajstić information content (AvgIpc) is 2.97. The van der Waals surface area contributed by atoms with Gasteiger partial charge in [0, 0.05) is 22.0 Å². The molecule has 28 heavy (non-hydrogen) atoms. The fourth-order valence-electron chi connectivity index (χ4n) is 3.80. The number of aromatic nitrogens is 2. The highest BCUT2D eigenvalue weighted by Crippen LogP contribution is 2.38. The largest absolute Gasteiger partial charge is 0.310 e. The van der Waals surface area contributed by atoms with Gasteiger partial charge < -0.3 is 5.32 Å². The molecule has 0 aliphatic carbocycles. The van der Waals surface area contributed by atoms with Gasteiger partial charge in [-0.05, 0) is 44.5 Å². The SMILES string of the molecule is Cc1ccc(-n2nc(C)c3c2NC(=O)CC3C(=O)c2ccc(Br)cc2)c(C)c1. The number of aryl methyl sites for hydroxylation is 3. The summed E-state index contributed by atoms with van der Waals surface area (Å²) in [7, 11) is 0. The Morgan fingerprint density at radius 1 is 1.14 bits per heavy atom. The number of hydrogen-bond acceptors (Lipinski definition) is 3. The molecule has 0 radical (unpaired) electrons. The average molecular weight is 438 g/mol. The molecule has 0 fully saturated rings. The van der Waals surface area contributed by atoms with Gasteiger partial charge in [0.2, 0.25) is 5.91 Å². The van der Waals surface area contributed by atoms with Gasteiger partial charge in [0.05, 0.1) is 17.3 Å². The summed E-state index contributed by atoms with van der Waals surface area (Å²) < 4.78 is 2.66. The Morgan fingerprint density at radius 3 is 2.54 bits per heavy atom. The Kier molecular flexibility index (Phi) is 4.67. The van der Waals surface area contributed by atoms with Gasteiger partial charge in [-0.15, -0.1) is 0 Å². The predicted molar refractivity (Wildman–Crippen MR) is 112 cm³/mol. The van der Waals surface area contributed by atoms with Crippen molar-refractivity contribution in [1.82, 2.24) is 9.78 Å². The third-order valence-electron chi connectivity index (χ3n) is 5.13. The van der Waals surface area contributed by atoms with E-state index in [-0.39, 0.29) is 18.1 Å². The Hall–Kier alpha value is -2.73. The fraction of sp³-hybridized carbons (Fsp3) is 0.227. The molecule has 2 heterocycles. The minimum absolute atomic E-state index is 0.0631. The van der Waals surface area contributed by atoms with E-state index < -0.39 is 5.92 Å². The van der Waals surface area contributed by atoms with Crippen molar-refractivity contribution in [2.45, 2.75) is 33.1 Å². The molecule has 2 aromatic carbocycles. The van der Waals surface area contributed by atoms with E-state index in [2.05, 4.69) is 32.4 Å². The van der Waals surface area contributed by atoms with Crippen LogP contribution in [0.25, 0.3) is 5.69 Å². The van der Waals surface area contributed by atoms with E-state index in [1.54, 1.807) is 16.8 Å². The zero-order chi connectivity index (χ0) is 20.0. The van der Waals surface area contributed by atoms with Crippen molar-refractivity contribution >= 4 is 33.4 Å². The first-order chi connectivity index (χ1) is 13.3. The number of halogens is 1. The molecule has 0 bridgehead atoms. The van der Waals surface area contributed by atoms with Gasteiger partial charge in [0.1, 0.15) is 5.82 Å². The van der Waals surface area contributed by atoms with E-state index in [1.807, 2.05) is 45.0 Å². The minimum atomic E-state index is -0.538. The molecule has 1 aliphatic heterocycles. The standard InChI is InChI=1S/C22H20BrN3O2/c1-12-4-9-18(13(2)10-12)26-22-20(14(3)25-26)17(11-19(27)24-22)21(28)15-5-7-16(23)8-6-15/h4-10,17H,11H2,1-3H3,(H,24,27). The third-order valence-corrected chi connectivity index (χ3v) is 5.66. The summed E-state index contributed by atoms with van der Waals surface area (Å²) in [5, 5.41) is 7.61. The lowest BCUT2D eigenvalue weighted by Crippen LogP contribution is -2.28. The number of Topliss-reactive ketones (excluding diaryl/α,β-unsaturated/α-hetero) is 1. The molecule has 0 saturated heterocycles. The van der Waals surface area contributed by atoms with Gasteiger partial charge in [-0.25, -0.2) is 4.68 Å². The molecular formula is C22H20BrN3O2. The fourth-order valence-corrected chi connectivity index (χ4v) is 4.07. The second-order valence-electron chi connectivity index (χ2n) is 7.23. The molecule has 0 spiro atoms. The first kappa shape index (κ1) is 18.6. The number of rotatable bonds is 3. The van der Waals surface area contributed by atoms with Crippen LogP contribution in [0.2, 0.25) is 0 Å². The molecule has 142 valence electrons. The summed E-state index contributed by atoms with van der Waals surface area (Å²) in [6, 6.07) is 13.3. The van der Waals surface area contributed by atoms with Crippen LogP contribution in [0, 0.1) is 20.8 Å². The van der Waals surface area contributed by atoms with Crippen LogP contribution in [0.4, 0.5) is 5.82 Å². The van der Waals surface area contributed by atoms with Crippen molar-refractivity contribution < 1.29 is 9.59 Å². The van der Waals surface area contributed by atoms with Gasteiger partial charge in [-0.2, -0.15) is 5.10 Å². The molecule has 0 saturated carbocycles. The molecule has 5 nitrogen and oxygen atoms in total. The van der Waals surface area contributed by atoms with Crippen LogP contribution in [-0.4, -0.2) is 21.5 Å². The molecule has 4 rings (SSSR count). The number of fused-ring (bicyclic) bond motifs is 1. The third kappa shape index (κ3) is 3.18. The van der Waals surface area contributed by atoms with E-state index >= 15 is 0 Å². The predicted octanol–water partition coefficient (Wildman–Crippen LogP) is 4.87. The summed E-state index contributed by atoms with van der Waals surface area (Å²) in [6.45, 7) is 5.94. The zero-order valence-electron chi connectivity index (χ0n) is 15.9. The molecule has 3 aromatic rings. The van der Waals surface area contributed by atoms with Crippen LogP contribution in [-0.2, 0) is 4.79 Å². The van der Waals surface area contributed by atoms with Crippen molar-refractivity contribution in [3.05, 3.63) is 74.9 Å². The number of ketones is 1. The van der Waals surface area contributed by atoms with Gasteiger partial charge in [-0.3, -0.25) is 9.59 Å². The van der Waals surface area contributed by atoms with Crippen LogP contribution in [0.5, 0.6) is 0 Å². The van der Waals surface area contributed by atoms with Crippen LogP contribution >= 0.6 is 15.9 Å². The second kappa shape index (κ2) is 7.02. The Bertz CT molecular complexity index is 1100.